The van der Waals surface area contributed by atoms with E-state index < -0.39 is 5.82 Å². The fourth-order valence-electron chi connectivity index (χ4n) is 1.84. The molecule has 0 fully saturated rings. The topological polar surface area (TPSA) is 70.7 Å². The van der Waals surface area contributed by atoms with Crippen molar-refractivity contribution in [2.45, 2.75) is 0 Å². The lowest BCUT2D eigenvalue weighted by molar-refractivity contribution is 0.622. The number of anilines is 2. The normalized spacial score (nSPS) is 10.3. The van der Waals surface area contributed by atoms with Crippen LogP contribution in [0.5, 0.6) is 0 Å². The summed E-state index contributed by atoms with van der Waals surface area (Å²) in [6.45, 7) is 0. The third-order valence-electron chi connectivity index (χ3n) is 2.79. The molecule has 0 spiro atoms. The van der Waals surface area contributed by atoms with Crippen molar-refractivity contribution in [3.8, 4) is 11.3 Å². The van der Waals surface area contributed by atoms with Crippen LogP contribution in [0.15, 0.2) is 59.5 Å². The summed E-state index contributed by atoms with van der Waals surface area (Å²) in [4.78, 5) is 22.5. The molecule has 0 saturated heterocycles. The van der Waals surface area contributed by atoms with Gasteiger partial charge >= 0.3 is 0 Å². The summed E-state index contributed by atoms with van der Waals surface area (Å²) in [5.41, 5.74) is 1.09. The number of benzene rings is 1. The quantitative estimate of drug-likeness (QED) is 0.775. The number of hydrogen-bond donors (Lipinski definition) is 2. The Morgan fingerprint density at radius 3 is 2.62 bits per heavy atom. The van der Waals surface area contributed by atoms with Crippen molar-refractivity contribution in [2.75, 3.05) is 5.32 Å². The fourth-order valence-corrected chi connectivity index (χ4v) is 1.84. The Hall–Kier alpha value is -3.02. The number of halogens is 1. The highest BCUT2D eigenvalue weighted by atomic mass is 19.1. The molecular weight excluding hydrogens is 271 g/mol. The van der Waals surface area contributed by atoms with E-state index in [1.54, 1.807) is 0 Å². The molecule has 2 heterocycles. The minimum atomic E-state index is -0.431. The highest BCUT2D eigenvalue weighted by Crippen LogP contribution is 2.16. The zero-order valence-corrected chi connectivity index (χ0v) is 10.9. The maximum atomic E-state index is 12.8. The van der Waals surface area contributed by atoms with E-state index in [1.165, 1.54) is 18.2 Å². The van der Waals surface area contributed by atoms with Crippen LogP contribution >= 0.6 is 0 Å². The van der Waals surface area contributed by atoms with E-state index >= 15 is 0 Å². The van der Waals surface area contributed by atoms with E-state index in [0.717, 1.165) is 11.8 Å². The summed E-state index contributed by atoms with van der Waals surface area (Å²) >= 11 is 0. The predicted octanol–water partition coefficient (Wildman–Crippen LogP) is 2.71. The minimum Gasteiger partial charge on any atom is -0.310 e. The lowest BCUT2D eigenvalue weighted by atomic mass is 10.1. The zero-order chi connectivity index (χ0) is 14.7. The van der Waals surface area contributed by atoms with E-state index in [4.69, 9.17) is 0 Å². The van der Waals surface area contributed by atoms with Gasteiger partial charge in [-0.25, -0.2) is 14.4 Å². The average molecular weight is 282 g/mol. The largest absolute Gasteiger partial charge is 0.310 e. The molecule has 0 atom stereocenters. The average Bonchev–Trinajstić information content (AvgIpc) is 2.50. The first-order chi connectivity index (χ1) is 10.2. The third-order valence-corrected chi connectivity index (χ3v) is 2.79. The maximum absolute atomic E-state index is 12.8. The van der Waals surface area contributed by atoms with Crippen LogP contribution in [0.1, 0.15) is 0 Å². The Balaban J connectivity index is 1.95. The van der Waals surface area contributed by atoms with Crippen LogP contribution in [-0.4, -0.2) is 15.0 Å². The second-order valence-corrected chi connectivity index (χ2v) is 4.33. The molecule has 2 N–H and O–H groups in total. The number of nitrogens with one attached hydrogen (secondary N) is 2. The molecule has 6 heteroatoms. The van der Waals surface area contributed by atoms with Gasteiger partial charge in [0.1, 0.15) is 11.6 Å². The van der Waals surface area contributed by atoms with E-state index in [1.807, 2.05) is 30.3 Å². The van der Waals surface area contributed by atoms with Gasteiger partial charge in [0, 0.05) is 11.6 Å². The van der Waals surface area contributed by atoms with Crippen LogP contribution in [0.3, 0.4) is 0 Å². The Labute approximate surface area is 119 Å². The van der Waals surface area contributed by atoms with Gasteiger partial charge in [-0.05, 0) is 12.1 Å². The smallest absolute Gasteiger partial charge is 0.252 e. The highest BCUT2D eigenvalue weighted by molar-refractivity contribution is 5.60. The van der Waals surface area contributed by atoms with Gasteiger partial charge in [-0.15, -0.1) is 0 Å². The first kappa shape index (κ1) is 13.0. The van der Waals surface area contributed by atoms with Gasteiger partial charge in [-0.1, -0.05) is 30.3 Å². The van der Waals surface area contributed by atoms with Crippen LogP contribution in [0.2, 0.25) is 0 Å². The Morgan fingerprint density at radius 2 is 1.90 bits per heavy atom. The lowest BCUT2D eigenvalue weighted by Gasteiger charge is -2.06. The van der Waals surface area contributed by atoms with E-state index in [-0.39, 0.29) is 11.5 Å². The van der Waals surface area contributed by atoms with Crippen molar-refractivity contribution in [1.29, 1.82) is 0 Å². The summed E-state index contributed by atoms with van der Waals surface area (Å²) in [6, 6.07) is 13.5. The fraction of sp³-hybridized carbons (Fsp3) is 0. The van der Waals surface area contributed by atoms with E-state index in [0.29, 0.717) is 11.5 Å². The van der Waals surface area contributed by atoms with Crippen molar-refractivity contribution in [1.82, 2.24) is 15.0 Å². The summed E-state index contributed by atoms with van der Waals surface area (Å²) in [7, 11) is 0. The van der Waals surface area contributed by atoms with Gasteiger partial charge in [0.05, 0.1) is 11.9 Å². The molecule has 0 aliphatic rings. The molecule has 104 valence electrons. The molecule has 0 saturated carbocycles. The number of H-pyrrole nitrogens is 1. The molecule has 5 nitrogen and oxygen atoms in total. The Bertz CT molecular complexity index is 800. The minimum absolute atomic E-state index is 0.250. The Morgan fingerprint density at radius 1 is 1.10 bits per heavy atom. The van der Waals surface area contributed by atoms with Crippen molar-refractivity contribution in [3.63, 3.8) is 0 Å². The first-order valence-electron chi connectivity index (χ1n) is 6.26. The standard InChI is InChI=1S/C15H11FN4O/c16-11-6-7-13(17-9-11)19-15-18-12(8-14(21)20-15)10-4-2-1-3-5-10/h1-9H,(H2,17,18,19,20,21). The SMILES string of the molecule is O=c1cc(-c2ccccc2)nc(Nc2ccc(F)cn2)[nH]1. The molecule has 0 radical (unpaired) electrons. The molecule has 3 aromatic rings. The molecular formula is C15H11FN4O. The molecule has 2 aromatic heterocycles. The van der Waals surface area contributed by atoms with Crippen LogP contribution < -0.4 is 10.9 Å². The van der Waals surface area contributed by atoms with Crippen molar-refractivity contribution in [3.05, 3.63) is 70.9 Å². The lowest BCUT2D eigenvalue weighted by Crippen LogP contribution is -2.11. The Kier molecular flexibility index (Phi) is 3.42. The van der Waals surface area contributed by atoms with Crippen molar-refractivity contribution >= 4 is 11.8 Å². The molecule has 0 aliphatic carbocycles. The number of aromatic amines is 1. The van der Waals surface area contributed by atoms with Gasteiger partial charge in [0.2, 0.25) is 5.95 Å². The van der Waals surface area contributed by atoms with E-state index in [2.05, 4.69) is 20.3 Å². The van der Waals surface area contributed by atoms with Crippen LogP contribution in [-0.2, 0) is 0 Å². The zero-order valence-electron chi connectivity index (χ0n) is 10.9. The number of hydrogen-bond acceptors (Lipinski definition) is 4. The molecule has 3 rings (SSSR count). The molecule has 0 unspecified atom stereocenters. The maximum Gasteiger partial charge on any atom is 0.252 e. The van der Waals surface area contributed by atoms with Gasteiger partial charge in [0.15, 0.2) is 0 Å². The summed E-state index contributed by atoms with van der Waals surface area (Å²) in [5.74, 6) is 0.213. The van der Waals surface area contributed by atoms with Crippen LogP contribution in [0, 0.1) is 5.82 Å². The van der Waals surface area contributed by atoms with Gasteiger partial charge in [0.25, 0.3) is 5.56 Å². The third kappa shape index (κ3) is 3.11. The van der Waals surface area contributed by atoms with Gasteiger partial charge < -0.3 is 5.32 Å². The summed E-state index contributed by atoms with van der Waals surface area (Å²) < 4.78 is 12.8. The first-order valence-corrected chi connectivity index (χ1v) is 6.26. The van der Waals surface area contributed by atoms with Crippen molar-refractivity contribution in [2.24, 2.45) is 0 Å². The van der Waals surface area contributed by atoms with Gasteiger partial charge in [-0.3, -0.25) is 9.78 Å². The highest BCUT2D eigenvalue weighted by Gasteiger charge is 2.04. The predicted molar refractivity (Wildman–Crippen MR) is 77.8 cm³/mol. The molecule has 0 bridgehead atoms. The number of aromatic nitrogens is 3. The number of pyridine rings is 1. The number of nitrogens with zero attached hydrogens (tertiary/aromatic N) is 2. The van der Waals surface area contributed by atoms with Gasteiger partial charge in [-0.2, -0.15) is 0 Å². The van der Waals surface area contributed by atoms with Crippen LogP contribution in [0.4, 0.5) is 16.2 Å². The summed E-state index contributed by atoms with van der Waals surface area (Å²) in [5, 5.41) is 2.84. The molecule has 0 amide bonds. The molecule has 1 aromatic carbocycles. The molecule has 0 aliphatic heterocycles. The second-order valence-electron chi connectivity index (χ2n) is 4.33. The molecule has 21 heavy (non-hydrogen) atoms. The second kappa shape index (κ2) is 5.54. The van der Waals surface area contributed by atoms with Crippen molar-refractivity contribution < 1.29 is 4.39 Å². The monoisotopic (exact) mass is 282 g/mol. The van der Waals surface area contributed by atoms with E-state index in [9.17, 15) is 9.18 Å². The summed E-state index contributed by atoms with van der Waals surface area (Å²) in [6.07, 6.45) is 1.08. The number of rotatable bonds is 3. The van der Waals surface area contributed by atoms with Crippen LogP contribution in [0.25, 0.3) is 11.3 Å².